The molecular weight excluding hydrogens is 186 g/mol. The molecule has 15 heavy (non-hydrogen) atoms. The maximum Gasteiger partial charge on any atom is 0.0863 e. The second kappa shape index (κ2) is 3.49. The molecule has 2 aliphatic carbocycles. The topological polar surface area (TPSA) is 44.0 Å². The molecule has 1 N–H and O–H groups in total. The van der Waals surface area contributed by atoms with E-state index < -0.39 is 11.0 Å². The van der Waals surface area contributed by atoms with Gasteiger partial charge in [0.15, 0.2) is 0 Å². The Morgan fingerprint density at radius 2 is 1.73 bits per heavy atom. The molecule has 2 rings (SSSR count). The van der Waals surface area contributed by atoms with Crippen LogP contribution in [0.15, 0.2) is 0 Å². The fourth-order valence-corrected chi connectivity index (χ4v) is 3.62. The van der Waals surface area contributed by atoms with Crippen molar-refractivity contribution in [3.05, 3.63) is 0 Å². The molecule has 0 aromatic rings. The molecule has 4 atom stereocenters. The third kappa shape index (κ3) is 1.58. The third-order valence-electron chi connectivity index (χ3n) is 4.60. The summed E-state index contributed by atoms with van der Waals surface area (Å²) in [6.45, 7) is 4.38. The van der Waals surface area contributed by atoms with E-state index in [9.17, 15) is 10.4 Å². The van der Waals surface area contributed by atoms with Crippen LogP contribution in [-0.2, 0) is 0 Å². The minimum absolute atomic E-state index is 0.433. The van der Waals surface area contributed by atoms with Gasteiger partial charge in [0.1, 0.15) is 0 Å². The van der Waals surface area contributed by atoms with Gasteiger partial charge in [-0.15, -0.1) is 0 Å². The van der Waals surface area contributed by atoms with Crippen molar-refractivity contribution >= 4 is 0 Å². The van der Waals surface area contributed by atoms with Crippen LogP contribution in [0.3, 0.4) is 0 Å². The molecule has 84 valence electrons. The highest BCUT2D eigenvalue weighted by atomic mass is 16.3. The highest BCUT2D eigenvalue weighted by molar-refractivity contribution is 5.16. The van der Waals surface area contributed by atoms with Crippen LogP contribution in [0.1, 0.15) is 52.4 Å². The monoisotopic (exact) mass is 207 g/mol. The minimum Gasteiger partial charge on any atom is -0.388 e. The summed E-state index contributed by atoms with van der Waals surface area (Å²) < 4.78 is 0. The molecule has 2 aliphatic rings. The zero-order valence-electron chi connectivity index (χ0n) is 9.79. The number of nitrogens with zero attached hydrogens (tertiary/aromatic N) is 1. The van der Waals surface area contributed by atoms with Crippen LogP contribution in [0.5, 0.6) is 0 Å². The van der Waals surface area contributed by atoms with Gasteiger partial charge in [-0.3, -0.25) is 0 Å². The van der Waals surface area contributed by atoms with Gasteiger partial charge in [0.2, 0.25) is 0 Å². The smallest absolute Gasteiger partial charge is 0.0863 e. The molecule has 2 nitrogen and oxygen atoms in total. The van der Waals surface area contributed by atoms with E-state index in [1.807, 2.05) is 0 Å². The SMILES string of the molecule is CC1CCC(O)(C2(C#N)CCC(C)C2)C1. The Hall–Kier alpha value is -0.550. The highest BCUT2D eigenvalue weighted by Crippen LogP contribution is 2.55. The van der Waals surface area contributed by atoms with E-state index >= 15 is 0 Å². The Bertz CT molecular complexity index is 295. The van der Waals surface area contributed by atoms with Crippen molar-refractivity contribution in [3.63, 3.8) is 0 Å². The quantitative estimate of drug-likeness (QED) is 0.718. The van der Waals surface area contributed by atoms with Crippen molar-refractivity contribution in [2.45, 2.75) is 58.0 Å². The van der Waals surface area contributed by atoms with Crippen molar-refractivity contribution in [1.29, 1.82) is 5.26 Å². The Kier molecular flexibility index (Phi) is 2.55. The van der Waals surface area contributed by atoms with Gasteiger partial charge < -0.3 is 5.11 Å². The lowest BCUT2D eigenvalue weighted by atomic mass is 9.69. The van der Waals surface area contributed by atoms with Gasteiger partial charge in [0.05, 0.1) is 17.1 Å². The molecule has 0 aromatic carbocycles. The van der Waals surface area contributed by atoms with Gasteiger partial charge >= 0.3 is 0 Å². The summed E-state index contributed by atoms with van der Waals surface area (Å²) in [5, 5.41) is 20.1. The molecule has 2 heteroatoms. The van der Waals surface area contributed by atoms with E-state index in [-0.39, 0.29) is 0 Å². The molecule has 0 heterocycles. The van der Waals surface area contributed by atoms with E-state index in [0.29, 0.717) is 11.8 Å². The van der Waals surface area contributed by atoms with Crippen molar-refractivity contribution in [2.24, 2.45) is 17.3 Å². The van der Waals surface area contributed by atoms with Crippen LogP contribution in [0.25, 0.3) is 0 Å². The Morgan fingerprint density at radius 1 is 1.13 bits per heavy atom. The van der Waals surface area contributed by atoms with Crippen molar-refractivity contribution < 1.29 is 5.11 Å². The van der Waals surface area contributed by atoms with Crippen LogP contribution in [0.4, 0.5) is 0 Å². The zero-order chi connectivity index (χ0) is 11.1. The number of hydrogen-bond acceptors (Lipinski definition) is 2. The summed E-state index contributed by atoms with van der Waals surface area (Å²) in [7, 11) is 0. The fraction of sp³-hybridized carbons (Fsp3) is 0.923. The summed E-state index contributed by atoms with van der Waals surface area (Å²) in [6.07, 6.45) is 5.63. The molecule has 4 unspecified atom stereocenters. The predicted molar refractivity (Wildman–Crippen MR) is 59.0 cm³/mol. The van der Waals surface area contributed by atoms with E-state index in [1.54, 1.807) is 0 Å². The molecule has 0 aromatic heterocycles. The van der Waals surface area contributed by atoms with Crippen LogP contribution >= 0.6 is 0 Å². The number of nitriles is 1. The van der Waals surface area contributed by atoms with Gasteiger partial charge in [0.25, 0.3) is 0 Å². The molecule has 2 fully saturated rings. The van der Waals surface area contributed by atoms with Gasteiger partial charge in [0, 0.05) is 0 Å². The summed E-state index contributed by atoms with van der Waals surface area (Å²) in [6, 6.07) is 2.46. The van der Waals surface area contributed by atoms with E-state index in [0.717, 1.165) is 38.5 Å². The average Bonchev–Trinajstić information content (AvgIpc) is 2.73. The molecule has 2 saturated carbocycles. The predicted octanol–water partition coefficient (Wildman–Crippen LogP) is 2.87. The summed E-state index contributed by atoms with van der Waals surface area (Å²) in [5.41, 5.74) is -1.12. The van der Waals surface area contributed by atoms with Crippen LogP contribution in [0.2, 0.25) is 0 Å². The van der Waals surface area contributed by atoms with Gasteiger partial charge in [-0.2, -0.15) is 5.26 Å². The Labute approximate surface area is 92.3 Å². The first-order valence-corrected chi connectivity index (χ1v) is 6.15. The Balaban J connectivity index is 2.24. The number of aliphatic hydroxyl groups is 1. The fourth-order valence-electron chi connectivity index (χ4n) is 3.62. The molecule has 0 saturated heterocycles. The summed E-state index contributed by atoms with van der Waals surface area (Å²) in [4.78, 5) is 0. The standard InChI is InChI=1S/C13H21NO/c1-10-3-5-12(7-10,9-14)13(15)6-4-11(2)8-13/h10-11,15H,3-8H2,1-2H3. The first-order valence-electron chi connectivity index (χ1n) is 6.15. The average molecular weight is 207 g/mol. The van der Waals surface area contributed by atoms with Gasteiger partial charge in [-0.05, 0) is 50.4 Å². The van der Waals surface area contributed by atoms with Crippen molar-refractivity contribution in [1.82, 2.24) is 0 Å². The molecule has 0 spiro atoms. The first kappa shape index (κ1) is 11.0. The maximum atomic E-state index is 10.7. The zero-order valence-corrected chi connectivity index (χ0v) is 9.79. The van der Waals surface area contributed by atoms with Crippen molar-refractivity contribution in [2.75, 3.05) is 0 Å². The van der Waals surface area contributed by atoms with Gasteiger partial charge in [-0.1, -0.05) is 13.8 Å². The third-order valence-corrected chi connectivity index (χ3v) is 4.60. The normalized spacial score (nSPS) is 50.5. The molecule has 0 radical (unpaired) electrons. The number of rotatable bonds is 1. The van der Waals surface area contributed by atoms with Crippen LogP contribution in [-0.4, -0.2) is 10.7 Å². The van der Waals surface area contributed by atoms with E-state index in [2.05, 4.69) is 19.9 Å². The molecule has 0 amide bonds. The highest BCUT2D eigenvalue weighted by Gasteiger charge is 2.56. The lowest BCUT2D eigenvalue weighted by Crippen LogP contribution is -2.44. The lowest BCUT2D eigenvalue weighted by molar-refractivity contribution is -0.0509. The molecule has 0 aliphatic heterocycles. The molecule has 0 bridgehead atoms. The van der Waals surface area contributed by atoms with E-state index in [1.165, 1.54) is 0 Å². The Morgan fingerprint density at radius 3 is 2.13 bits per heavy atom. The first-order chi connectivity index (χ1) is 7.01. The minimum atomic E-state index is -0.689. The summed E-state index contributed by atoms with van der Waals surface area (Å²) in [5.74, 6) is 1.18. The molecular formula is C13H21NO. The second-order valence-electron chi connectivity index (χ2n) is 5.92. The lowest BCUT2D eigenvalue weighted by Gasteiger charge is -2.37. The van der Waals surface area contributed by atoms with E-state index in [4.69, 9.17) is 0 Å². The second-order valence-corrected chi connectivity index (χ2v) is 5.92. The largest absolute Gasteiger partial charge is 0.388 e. The van der Waals surface area contributed by atoms with Crippen LogP contribution in [0, 0.1) is 28.6 Å². The van der Waals surface area contributed by atoms with Crippen molar-refractivity contribution in [3.8, 4) is 6.07 Å². The van der Waals surface area contributed by atoms with Crippen LogP contribution < -0.4 is 0 Å². The number of hydrogen-bond donors (Lipinski definition) is 1. The maximum absolute atomic E-state index is 10.7. The summed E-state index contributed by atoms with van der Waals surface area (Å²) >= 11 is 0. The van der Waals surface area contributed by atoms with Gasteiger partial charge in [-0.25, -0.2) is 0 Å².